The Labute approximate surface area is 154 Å². The molecule has 2 fully saturated rings. The molecule has 2 aliphatic heterocycles. The Morgan fingerprint density at radius 2 is 1.92 bits per heavy atom. The van der Waals surface area contributed by atoms with E-state index in [-0.39, 0.29) is 0 Å². The van der Waals surface area contributed by atoms with E-state index in [9.17, 15) is 0 Å². The van der Waals surface area contributed by atoms with Crippen molar-refractivity contribution in [3.63, 3.8) is 0 Å². The maximum absolute atomic E-state index is 5.97. The van der Waals surface area contributed by atoms with Crippen LogP contribution < -0.4 is 9.64 Å². The number of ether oxygens (including phenoxy) is 1. The van der Waals surface area contributed by atoms with E-state index in [1.54, 1.807) is 6.20 Å². The van der Waals surface area contributed by atoms with Crippen LogP contribution in [0.1, 0.15) is 12.8 Å². The molecule has 0 spiro atoms. The van der Waals surface area contributed by atoms with Gasteiger partial charge in [0.1, 0.15) is 11.6 Å². The highest BCUT2D eigenvalue weighted by molar-refractivity contribution is 6.30. The first-order chi connectivity index (χ1) is 12.3. The topological polar surface area (TPSA) is 28.6 Å². The molecule has 1 aromatic heterocycles. The van der Waals surface area contributed by atoms with Crippen LogP contribution in [0, 0.1) is 5.92 Å². The van der Waals surface area contributed by atoms with Gasteiger partial charge < -0.3 is 9.64 Å². The summed E-state index contributed by atoms with van der Waals surface area (Å²) < 4.78 is 5.97. The summed E-state index contributed by atoms with van der Waals surface area (Å²) in [5, 5.41) is 0.696. The fourth-order valence-electron chi connectivity index (χ4n) is 3.89. The summed E-state index contributed by atoms with van der Waals surface area (Å²) in [5.41, 5.74) is 0. The second-order valence-corrected chi connectivity index (χ2v) is 7.43. The minimum atomic E-state index is 0.622. The van der Waals surface area contributed by atoms with Crippen LogP contribution in [-0.2, 0) is 0 Å². The number of hydrogen-bond donors (Lipinski definition) is 0. The van der Waals surface area contributed by atoms with Crippen molar-refractivity contribution < 1.29 is 4.74 Å². The van der Waals surface area contributed by atoms with Crippen molar-refractivity contribution in [1.82, 2.24) is 9.88 Å². The molecule has 2 saturated heterocycles. The van der Waals surface area contributed by atoms with Gasteiger partial charge in [0, 0.05) is 44.3 Å². The summed E-state index contributed by atoms with van der Waals surface area (Å²) in [6.07, 6.45) is 4.20. The SMILES string of the molecule is Clc1ccc(N2CCN3C[C@H](COc4ccccc4)CC[C@H]3C2)nc1. The minimum absolute atomic E-state index is 0.622. The molecule has 2 aliphatic rings. The van der Waals surface area contributed by atoms with Gasteiger partial charge in [0.05, 0.1) is 11.6 Å². The highest BCUT2D eigenvalue weighted by atomic mass is 35.5. The van der Waals surface area contributed by atoms with E-state index in [0.29, 0.717) is 17.0 Å². The zero-order chi connectivity index (χ0) is 17.1. The van der Waals surface area contributed by atoms with Gasteiger partial charge in [-0.15, -0.1) is 0 Å². The van der Waals surface area contributed by atoms with E-state index < -0.39 is 0 Å². The maximum Gasteiger partial charge on any atom is 0.128 e. The summed E-state index contributed by atoms with van der Waals surface area (Å²) >= 11 is 5.95. The standard InChI is InChI=1S/C20H24ClN3O/c21-17-7-9-20(22-12-17)24-11-10-23-13-16(6-8-18(23)14-24)15-25-19-4-2-1-3-5-19/h1-5,7,9,12,16,18H,6,8,10-11,13-15H2/t16-,18+/m1/s1. The van der Waals surface area contributed by atoms with E-state index in [2.05, 4.69) is 14.8 Å². The molecule has 0 N–H and O–H groups in total. The number of fused-ring (bicyclic) bond motifs is 1. The Kier molecular flexibility index (Phi) is 5.09. The molecule has 0 unspecified atom stereocenters. The Morgan fingerprint density at radius 1 is 1.04 bits per heavy atom. The number of pyridine rings is 1. The zero-order valence-electron chi connectivity index (χ0n) is 14.4. The van der Waals surface area contributed by atoms with Crippen molar-refractivity contribution in [2.45, 2.75) is 18.9 Å². The molecule has 4 rings (SSSR count). The lowest BCUT2D eigenvalue weighted by molar-refractivity contribution is 0.0728. The molecule has 132 valence electrons. The van der Waals surface area contributed by atoms with Gasteiger partial charge in [-0.3, -0.25) is 4.90 Å². The Hall–Kier alpha value is -1.78. The molecule has 0 radical (unpaired) electrons. The average Bonchev–Trinajstić information content (AvgIpc) is 2.67. The van der Waals surface area contributed by atoms with Gasteiger partial charge in [0.2, 0.25) is 0 Å². The van der Waals surface area contributed by atoms with Crippen molar-refractivity contribution in [2.24, 2.45) is 5.92 Å². The second-order valence-electron chi connectivity index (χ2n) is 7.00. The normalized spacial score (nSPS) is 24.0. The lowest BCUT2D eigenvalue weighted by Gasteiger charge is -2.46. The lowest BCUT2D eigenvalue weighted by atomic mass is 9.91. The number of halogens is 1. The van der Waals surface area contributed by atoms with E-state index in [0.717, 1.165) is 44.4 Å². The number of hydrogen-bond acceptors (Lipinski definition) is 4. The molecule has 0 bridgehead atoms. The summed E-state index contributed by atoms with van der Waals surface area (Å²) in [4.78, 5) is 9.49. The average molecular weight is 358 g/mol. The van der Waals surface area contributed by atoms with Crippen molar-refractivity contribution >= 4 is 17.4 Å². The van der Waals surface area contributed by atoms with E-state index >= 15 is 0 Å². The van der Waals surface area contributed by atoms with Gasteiger partial charge in [-0.1, -0.05) is 29.8 Å². The molecule has 0 saturated carbocycles. The number of piperidine rings is 1. The van der Waals surface area contributed by atoms with Gasteiger partial charge in [-0.25, -0.2) is 4.98 Å². The molecule has 0 aliphatic carbocycles. The minimum Gasteiger partial charge on any atom is -0.493 e. The Morgan fingerprint density at radius 3 is 2.72 bits per heavy atom. The predicted molar refractivity (Wildman–Crippen MR) is 101 cm³/mol. The van der Waals surface area contributed by atoms with Gasteiger partial charge >= 0.3 is 0 Å². The number of piperazine rings is 1. The van der Waals surface area contributed by atoms with Crippen molar-refractivity contribution in [2.75, 3.05) is 37.7 Å². The molecular weight excluding hydrogens is 334 g/mol. The summed E-state index contributed by atoms with van der Waals surface area (Å²) in [6, 6.07) is 14.7. The fourth-order valence-corrected chi connectivity index (χ4v) is 4.00. The van der Waals surface area contributed by atoms with Gasteiger partial charge in [-0.05, 0) is 37.1 Å². The third-order valence-electron chi connectivity index (χ3n) is 5.27. The molecule has 3 heterocycles. The van der Waals surface area contributed by atoms with E-state index in [1.165, 1.54) is 12.8 Å². The Balaban J connectivity index is 1.30. The van der Waals surface area contributed by atoms with Crippen LogP contribution in [0.4, 0.5) is 5.82 Å². The Bertz CT molecular complexity index is 679. The van der Waals surface area contributed by atoms with Crippen molar-refractivity contribution in [3.8, 4) is 5.75 Å². The molecule has 0 amide bonds. The summed E-state index contributed by atoms with van der Waals surface area (Å²) in [7, 11) is 0. The first-order valence-electron chi connectivity index (χ1n) is 9.06. The maximum atomic E-state index is 5.97. The monoisotopic (exact) mass is 357 g/mol. The van der Waals surface area contributed by atoms with Crippen LogP contribution in [0.25, 0.3) is 0 Å². The number of anilines is 1. The molecule has 2 aromatic rings. The third-order valence-corrected chi connectivity index (χ3v) is 5.49. The molecule has 2 atom stereocenters. The highest BCUT2D eigenvalue weighted by Gasteiger charge is 2.33. The first kappa shape index (κ1) is 16.7. The second kappa shape index (κ2) is 7.63. The number of para-hydroxylation sites is 1. The smallest absolute Gasteiger partial charge is 0.128 e. The molecule has 25 heavy (non-hydrogen) atoms. The first-order valence-corrected chi connectivity index (χ1v) is 9.44. The third kappa shape index (κ3) is 4.07. The van der Waals surface area contributed by atoms with Crippen LogP contribution in [0.5, 0.6) is 5.75 Å². The van der Waals surface area contributed by atoms with Crippen molar-refractivity contribution in [3.05, 3.63) is 53.7 Å². The fraction of sp³-hybridized carbons (Fsp3) is 0.450. The molecule has 1 aromatic carbocycles. The largest absolute Gasteiger partial charge is 0.493 e. The van der Waals surface area contributed by atoms with Gasteiger partial charge in [0.25, 0.3) is 0 Å². The number of aromatic nitrogens is 1. The van der Waals surface area contributed by atoms with E-state index in [4.69, 9.17) is 16.3 Å². The van der Waals surface area contributed by atoms with Gasteiger partial charge in [-0.2, -0.15) is 0 Å². The lowest BCUT2D eigenvalue weighted by Crippen LogP contribution is -2.57. The summed E-state index contributed by atoms with van der Waals surface area (Å²) in [5.74, 6) is 2.64. The molecular formula is C20H24ClN3O. The van der Waals surface area contributed by atoms with Crippen LogP contribution in [0.15, 0.2) is 48.7 Å². The number of benzene rings is 1. The van der Waals surface area contributed by atoms with Crippen LogP contribution in [0.3, 0.4) is 0 Å². The van der Waals surface area contributed by atoms with Crippen molar-refractivity contribution in [1.29, 1.82) is 0 Å². The quantitative estimate of drug-likeness (QED) is 0.834. The number of nitrogens with zero attached hydrogens (tertiary/aromatic N) is 3. The predicted octanol–water partition coefficient (Wildman–Crippen LogP) is 3.71. The highest BCUT2D eigenvalue weighted by Crippen LogP contribution is 2.27. The molecule has 5 heteroatoms. The van der Waals surface area contributed by atoms with Gasteiger partial charge in [0.15, 0.2) is 0 Å². The van der Waals surface area contributed by atoms with E-state index in [1.807, 2.05) is 42.5 Å². The summed E-state index contributed by atoms with van der Waals surface area (Å²) in [6.45, 7) is 5.13. The van der Waals surface area contributed by atoms with Crippen LogP contribution >= 0.6 is 11.6 Å². The van der Waals surface area contributed by atoms with Crippen LogP contribution in [0.2, 0.25) is 5.02 Å². The molecule has 4 nitrogen and oxygen atoms in total. The van der Waals surface area contributed by atoms with Crippen LogP contribution in [-0.4, -0.2) is 48.7 Å². The zero-order valence-corrected chi connectivity index (χ0v) is 15.1. The number of rotatable bonds is 4.